The number of rotatable bonds is 8. The van der Waals surface area contributed by atoms with E-state index in [1.54, 1.807) is 38.7 Å². The number of hydrogen-bond donors (Lipinski definition) is 2. The van der Waals surface area contributed by atoms with Crippen molar-refractivity contribution in [2.75, 3.05) is 27.3 Å². The molecule has 1 heterocycles. The molecule has 1 aromatic heterocycles. The molecule has 0 bridgehead atoms. The van der Waals surface area contributed by atoms with Crippen LogP contribution in [0.25, 0.3) is 0 Å². The number of benzene rings is 1. The first-order valence-corrected chi connectivity index (χ1v) is 7.34. The molecule has 1 aromatic carbocycles. The number of carbonyl (C=O) groups excluding carboxylic acids is 1. The van der Waals surface area contributed by atoms with Gasteiger partial charge in [0.05, 0.1) is 19.8 Å². The Morgan fingerprint density at radius 1 is 1.17 bits per heavy atom. The molecule has 0 unspecified atom stereocenters. The molecule has 0 aliphatic rings. The molecule has 2 N–H and O–H groups in total. The number of hydrogen-bond acceptors (Lipinski definition) is 5. The molecule has 0 atom stereocenters. The highest BCUT2D eigenvalue weighted by Gasteiger charge is 2.06. The maximum absolute atomic E-state index is 11.8. The third-order valence-corrected chi connectivity index (χ3v) is 3.31. The summed E-state index contributed by atoms with van der Waals surface area (Å²) in [6, 6.07) is 9.13. The topological polar surface area (TPSA) is 72.5 Å². The lowest BCUT2D eigenvalue weighted by molar-refractivity contribution is 0.0953. The normalized spacial score (nSPS) is 10.2. The molecule has 1 amide bonds. The molecule has 2 rings (SSSR count). The predicted molar refractivity (Wildman–Crippen MR) is 87.8 cm³/mol. The largest absolute Gasteiger partial charge is 0.497 e. The molecule has 0 spiro atoms. The van der Waals surface area contributed by atoms with E-state index in [0.29, 0.717) is 25.2 Å². The van der Waals surface area contributed by atoms with Crippen LogP contribution in [0.15, 0.2) is 42.7 Å². The van der Waals surface area contributed by atoms with E-state index in [2.05, 4.69) is 15.6 Å². The number of aromatic nitrogens is 1. The summed E-state index contributed by atoms with van der Waals surface area (Å²) in [6.07, 6.45) is 3.18. The highest BCUT2D eigenvalue weighted by Crippen LogP contribution is 2.23. The van der Waals surface area contributed by atoms with Crippen molar-refractivity contribution in [2.45, 2.75) is 6.54 Å². The molecule has 6 heteroatoms. The molecule has 6 nitrogen and oxygen atoms in total. The molecule has 0 saturated heterocycles. The Balaban J connectivity index is 1.76. The first kappa shape index (κ1) is 16.8. The summed E-state index contributed by atoms with van der Waals surface area (Å²) in [5, 5.41) is 6.11. The molecule has 0 fully saturated rings. The van der Waals surface area contributed by atoms with Crippen LogP contribution in [0.4, 0.5) is 0 Å². The zero-order chi connectivity index (χ0) is 16.5. The number of pyridine rings is 1. The first-order valence-electron chi connectivity index (χ1n) is 7.34. The van der Waals surface area contributed by atoms with Crippen LogP contribution in [0.2, 0.25) is 0 Å². The molecule has 0 aliphatic carbocycles. The Bertz CT molecular complexity index is 632. The second-order valence-electron chi connectivity index (χ2n) is 4.85. The van der Waals surface area contributed by atoms with Gasteiger partial charge in [0.25, 0.3) is 5.91 Å². The van der Waals surface area contributed by atoms with Gasteiger partial charge in [-0.15, -0.1) is 0 Å². The minimum Gasteiger partial charge on any atom is -0.497 e. The fraction of sp³-hybridized carbons (Fsp3) is 0.294. The smallest absolute Gasteiger partial charge is 0.252 e. The number of ether oxygens (including phenoxy) is 2. The summed E-state index contributed by atoms with van der Waals surface area (Å²) in [6.45, 7) is 1.80. The lowest BCUT2D eigenvalue weighted by atomic mass is 10.2. The van der Waals surface area contributed by atoms with Gasteiger partial charge in [0.2, 0.25) is 0 Å². The fourth-order valence-corrected chi connectivity index (χ4v) is 2.11. The van der Waals surface area contributed by atoms with Crippen LogP contribution in [0, 0.1) is 0 Å². The van der Waals surface area contributed by atoms with Gasteiger partial charge in [-0.25, -0.2) is 0 Å². The van der Waals surface area contributed by atoms with Gasteiger partial charge >= 0.3 is 0 Å². The summed E-state index contributed by atoms with van der Waals surface area (Å²) < 4.78 is 10.5. The predicted octanol–water partition coefficient (Wildman–Crippen LogP) is 1.62. The van der Waals surface area contributed by atoms with Crippen molar-refractivity contribution in [3.63, 3.8) is 0 Å². The van der Waals surface area contributed by atoms with Crippen molar-refractivity contribution in [1.29, 1.82) is 0 Å². The summed E-state index contributed by atoms with van der Waals surface area (Å²) in [5.74, 6) is 1.46. The van der Waals surface area contributed by atoms with Crippen LogP contribution >= 0.6 is 0 Å². The zero-order valence-corrected chi connectivity index (χ0v) is 13.3. The summed E-state index contributed by atoms with van der Waals surface area (Å²) in [7, 11) is 3.27. The summed E-state index contributed by atoms with van der Waals surface area (Å²) >= 11 is 0. The molecule has 0 aliphatic heterocycles. The van der Waals surface area contributed by atoms with Crippen molar-refractivity contribution in [2.24, 2.45) is 0 Å². The van der Waals surface area contributed by atoms with E-state index in [9.17, 15) is 4.79 Å². The number of nitrogens with one attached hydrogen (secondary N) is 2. The van der Waals surface area contributed by atoms with Crippen LogP contribution in [-0.4, -0.2) is 38.2 Å². The molecular weight excluding hydrogens is 294 g/mol. The first-order chi connectivity index (χ1) is 11.2. The summed E-state index contributed by atoms with van der Waals surface area (Å²) in [4.78, 5) is 15.8. The van der Waals surface area contributed by atoms with Crippen LogP contribution in [0.1, 0.15) is 15.9 Å². The number of carbonyl (C=O) groups is 1. The third-order valence-electron chi connectivity index (χ3n) is 3.31. The summed E-state index contributed by atoms with van der Waals surface area (Å²) in [5.41, 5.74) is 1.56. The second kappa shape index (κ2) is 8.75. The maximum atomic E-state index is 11.8. The average molecular weight is 315 g/mol. The van der Waals surface area contributed by atoms with E-state index in [4.69, 9.17) is 9.47 Å². The zero-order valence-electron chi connectivity index (χ0n) is 13.3. The van der Waals surface area contributed by atoms with E-state index in [1.807, 2.05) is 18.2 Å². The third kappa shape index (κ3) is 4.96. The van der Waals surface area contributed by atoms with Gasteiger partial charge in [0.1, 0.15) is 11.5 Å². The molecular formula is C17H21N3O3. The Labute approximate surface area is 135 Å². The standard InChI is InChI=1S/C17H21N3O3/c1-22-15-5-6-16(23-2)14(10-15)12-19-8-9-20-17(21)13-4-3-7-18-11-13/h3-7,10-11,19H,8-9,12H2,1-2H3,(H,20,21). The van der Waals surface area contributed by atoms with Gasteiger partial charge in [-0.2, -0.15) is 0 Å². The van der Waals surface area contributed by atoms with Crippen molar-refractivity contribution in [3.8, 4) is 11.5 Å². The molecule has 23 heavy (non-hydrogen) atoms. The van der Waals surface area contributed by atoms with Gasteiger partial charge < -0.3 is 20.1 Å². The maximum Gasteiger partial charge on any atom is 0.252 e. The van der Waals surface area contributed by atoms with Crippen LogP contribution in [0.5, 0.6) is 11.5 Å². The number of nitrogens with zero attached hydrogens (tertiary/aromatic N) is 1. The Kier molecular flexibility index (Phi) is 6.38. The van der Waals surface area contributed by atoms with Crippen molar-refractivity contribution < 1.29 is 14.3 Å². The Morgan fingerprint density at radius 2 is 2.04 bits per heavy atom. The molecule has 2 aromatic rings. The van der Waals surface area contributed by atoms with Gasteiger partial charge in [0.15, 0.2) is 0 Å². The highest BCUT2D eigenvalue weighted by molar-refractivity contribution is 5.93. The van der Waals surface area contributed by atoms with E-state index >= 15 is 0 Å². The molecule has 0 saturated carbocycles. The number of methoxy groups -OCH3 is 2. The lowest BCUT2D eigenvalue weighted by Crippen LogP contribution is -2.31. The number of amides is 1. The minimum atomic E-state index is -0.126. The van der Waals surface area contributed by atoms with Crippen LogP contribution in [0.3, 0.4) is 0 Å². The Hall–Kier alpha value is -2.60. The minimum absolute atomic E-state index is 0.126. The fourth-order valence-electron chi connectivity index (χ4n) is 2.11. The van der Waals surface area contributed by atoms with E-state index in [-0.39, 0.29) is 5.91 Å². The molecule has 122 valence electrons. The average Bonchev–Trinajstić information content (AvgIpc) is 2.61. The van der Waals surface area contributed by atoms with Crippen molar-refractivity contribution >= 4 is 5.91 Å². The van der Waals surface area contributed by atoms with Crippen molar-refractivity contribution in [1.82, 2.24) is 15.6 Å². The van der Waals surface area contributed by atoms with Gasteiger partial charge in [-0.3, -0.25) is 9.78 Å². The van der Waals surface area contributed by atoms with E-state index in [0.717, 1.165) is 17.1 Å². The van der Waals surface area contributed by atoms with E-state index in [1.165, 1.54) is 0 Å². The Morgan fingerprint density at radius 3 is 2.74 bits per heavy atom. The highest BCUT2D eigenvalue weighted by atomic mass is 16.5. The lowest BCUT2D eigenvalue weighted by Gasteiger charge is -2.11. The molecule has 0 radical (unpaired) electrons. The van der Waals surface area contributed by atoms with Gasteiger partial charge in [0, 0.05) is 37.6 Å². The second-order valence-corrected chi connectivity index (χ2v) is 4.85. The monoisotopic (exact) mass is 315 g/mol. The van der Waals surface area contributed by atoms with Crippen molar-refractivity contribution in [3.05, 3.63) is 53.9 Å². The van der Waals surface area contributed by atoms with E-state index < -0.39 is 0 Å². The van der Waals surface area contributed by atoms with Gasteiger partial charge in [-0.05, 0) is 30.3 Å². The quantitative estimate of drug-likeness (QED) is 0.724. The SMILES string of the molecule is COc1ccc(OC)c(CNCCNC(=O)c2cccnc2)c1. The van der Waals surface area contributed by atoms with Crippen LogP contribution in [-0.2, 0) is 6.54 Å². The van der Waals surface area contributed by atoms with Gasteiger partial charge in [-0.1, -0.05) is 0 Å². The van der Waals surface area contributed by atoms with Crippen LogP contribution < -0.4 is 20.1 Å².